The smallest absolute Gasteiger partial charge is 0.264 e. The monoisotopic (exact) mass is 815 g/mol. The highest BCUT2D eigenvalue weighted by Crippen LogP contribution is 2.31. The summed E-state index contributed by atoms with van der Waals surface area (Å²) in [6.07, 6.45) is 0.925. The molecule has 0 unspecified atom stereocenters. The molecule has 0 radical (unpaired) electrons. The van der Waals surface area contributed by atoms with E-state index in [4.69, 9.17) is 23.2 Å². The van der Waals surface area contributed by atoms with Crippen molar-refractivity contribution in [3.05, 3.63) is 142 Å². The molecule has 2 N–H and O–H groups in total. The number of nitrogens with one attached hydrogen (secondary N) is 2. The van der Waals surface area contributed by atoms with E-state index in [0.29, 0.717) is 10.0 Å². The molecule has 12 heteroatoms. The Labute approximate surface area is 339 Å². The maximum Gasteiger partial charge on any atom is 0.264 e. The average molecular weight is 817 g/mol. The standard InChI is InChI=1S/C43H47Cl2N5O3S2/c1-31-27-38(18-20-42(31)46-35(21-22-48(2)3)30-54-37-10-5-4-6-11-37)55(52,53)47-43(51)32-13-16-36(17-14-32)50-25-23-49(24-26-50)29-34-9-7-8-12-39(34)33-15-19-40(44)41(45)28-33/h4-20,27-28,35,46H,21-26,29-30H2,1-3H3,(H,47,51)/t35-/m1/s1. The lowest BCUT2D eigenvalue weighted by Crippen LogP contribution is -2.46. The fraction of sp³-hybridized carbons (Fsp3) is 0.279. The molecule has 0 aliphatic carbocycles. The molecule has 288 valence electrons. The van der Waals surface area contributed by atoms with Gasteiger partial charge in [-0.2, -0.15) is 0 Å². The number of anilines is 2. The summed E-state index contributed by atoms with van der Waals surface area (Å²) in [5.41, 5.74) is 6.31. The average Bonchev–Trinajstić information content (AvgIpc) is 3.18. The number of amides is 1. The molecule has 1 saturated heterocycles. The molecule has 1 heterocycles. The molecular formula is C43H47Cl2N5O3S2. The topological polar surface area (TPSA) is 85.0 Å². The number of benzene rings is 5. The Bertz CT molecular complexity index is 2180. The van der Waals surface area contributed by atoms with Crippen LogP contribution in [-0.4, -0.2) is 82.7 Å². The summed E-state index contributed by atoms with van der Waals surface area (Å²) in [6.45, 7) is 6.98. The van der Waals surface area contributed by atoms with Crippen molar-refractivity contribution >= 4 is 62.3 Å². The van der Waals surface area contributed by atoms with Crippen LogP contribution >= 0.6 is 35.0 Å². The zero-order valence-corrected chi connectivity index (χ0v) is 34.5. The molecule has 1 fully saturated rings. The Morgan fingerprint density at radius 3 is 2.24 bits per heavy atom. The third kappa shape index (κ3) is 11.1. The highest BCUT2D eigenvalue weighted by atomic mass is 35.5. The second kappa shape index (κ2) is 18.7. The number of sulfonamides is 1. The zero-order chi connectivity index (χ0) is 39.0. The Morgan fingerprint density at radius 1 is 0.836 bits per heavy atom. The second-order valence-electron chi connectivity index (χ2n) is 14.1. The summed E-state index contributed by atoms with van der Waals surface area (Å²) >= 11 is 14.3. The molecular weight excluding hydrogens is 770 g/mol. The van der Waals surface area contributed by atoms with Crippen LogP contribution in [0.4, 0.5) is 11.4 Å². The van der Waals surface area contributed by atoms with Crippen molar-refractivity contribution in [1.29, 1.82) is 0 Å². The third-order valence-electron chi connectivity index (χ3n) is 9.72. The maximum atomic E-state index is 13.4. The first-order valence-electron chi connectivity index (χ1n) is 18.3. The minimum atomic E-state index is -4.10. The van der Waals surface area contributed by atoms with Crippen molar-refractivity contribution in [3.8, 4) is 11.1 Å². The van der Waals surface area contributed by atoms with Gasteiger partial charge in [0.2, 0.25) is 0 Å². The van der Waals surface area contributed by atoms with E-state index in [1.54, 1.807) is 42.1 Å². The van der Waals surface area contributed by atoms with Crippen molar-refractivity contribution in [2.75, 3.05) is 62.8 Å². The van der Waals surface area contributed by atoms with Crippen LogP contribution in [0.2, 0.25) is 10.0 Å². The number of hydrogen-bond donors (Lipinski definition) is 2. The van der Waals surface area contributed by atoms with Gasteiger partial charge in [-0.25, -0.2) is 13.1 Å². The quantitative estimate of drug-likeness (QED) is 0.101. The van der Waals surface area contributed by atoms with Crippen LogP contribution in [0.5, 0.6) is 0 Å². The molecule has 5 aromatic carbocycles. The van der Waals surface area contributed by atoms with E-state index >= 15 is 0 Å². The van der Waals surface area contributed by atoms with Gasteiger partial charge in [-0.15, -0.1) is 11.8 Å². The van der Waals surface area contributed by atoms with Crippen LogP contribution in [0.25, 0.3) is 11.1 Å². The minimum absolute atomic E-state index is 0.0430. The molecule has 0 aromatic heterocycles. The third-order valence-corrected chi connectivity index (χ3v) is 13.0. The summed E-state index contributed by atoms with van der Waals surface area (Å²) in [5.74, 6) is 0.193. The molecule has 0 bridgehead atoms. The predicted molar refractivity (Wildman–Crippen MR) is 229 cm³/mol. The number of carbonyl (C=O) groups is 1. The van der Waals surface area contributed by atoms with Crippen LogP contribution in [0.15, 0.2) is 125 Å². The number of nitrogens with zero attached hydrogens (tertiary/aromatic N) is 3. The molecule has 0 saturated carbocycles. The number of carbonyl (C=O) groups excluding carboxylic acids is 1. The number of aryl methyl sites for hydroxylation is 1. The van der Waals surface area contributed by atoms with Gasteiger partial charge in [0.25, 0.3) is 15.9 Å². The highest BCUT2D eigenvalue weighted by Gasteiger charge is 2.22. The van der Waals surface area contributed by atoms with Gasteiger partial charge in [-0.1, -0.05) is 71.7 Å². The first-order chi connectivity index (χ1) is 26.4. The van der Waals surface area contributed by atoms with E-state index in [0.717, 1.165) is 79.5 Å². The fourth-order valence-electron chi connectivity index (χ4n) is 6.58. The van der Waals surface area contributed by atoms with E-state index in [9.17, 15) is 13.2 Å². The van der Waals surface area contributed by atoms with Gasteiger partial charge in [-0.3, -0.25) is 9.69 Å². The predicted octanol–water partition coefficient (Wildman–Crippen LogP) is 8.93. The molecule has 1 atom stereocenters. The number of halogens is 2. The van der Waals surface area contributed by atoms with Crippen LogP contribution in [-0.2, 0) is 16.6 Å². The highest BCUT2D eigenvalue weighted by molar-refractivity contribution is 7.99. The molecule has 5 aromatic rings. The van der Waals surface area contributed by atoms with Crippen LogP contribution in [0.3, 0.4) is 0 Å². The van der Waals surface area contributed by atoms with Crippen molar-refractivity contribution < 1.29 is 13.2 Å². The lowest BCUT2D eigenvalue weighted by Gasteiger charge is -2.36. The molecule has 55 heavy (non-hydrogen) atoms. The van der Waals surface area contributed by atoms with Gasteiger partial charge >= 0.3 is 0 Å². The van der Waals surface area contributed by atoms with Gasteiger partial charge in [0.15, 0.2) is 0 Å². The Morgan fingerprint density at radius 2 is 1.55 bits per heavy atom. The van der Waals surface area contributed by atoms with Crippen molar-refractivity contribution in [3.63, 3.8) is 0 Å². The zero-order valence-electron chi connectivity index (χ0n) is 31.3. The lowest BCUT2D eigenvalue weighted by molar-refractivity contribution is 0.0981. The van der Waals surface area contributed by atoms with Gasteiger partial charge in [0.05, 0.1) is 14.9 Å². The van der Waals surface area contributed by atoms with E-state index in [1.165, 1.54) is 10.5 Å². The van der Waals surface area contributed by atoms with Gasteiger partial charge in [-0.05, 0) is 123 Å². The maximum absolute atomic E-state index is 13.4. The minimum Gasteiger partial charge on any atom is -0.381 e. The van der Waals surface area contributed by atoms with Crippen molar-refractivity contribution in [1.82, 2.24) is 14.5 Å². The summed E-state index contributed by atoms with van der Waals surface area (Å²) in [7, 11) is 0.0158. The second-order valence-corrected chi connectivity index (χ2v) is 17.7. The Hall–Kier alpha value is -4.03. The first-order valence-corrected chi connectivity index (χ1v) is 21.6. The number of piperazine rings is 1. The Kier molecular flexibility index (Phi) is 13.8. The largest absolute Gasteiger partial charge is 0.381 e. The molecule has 1 aliphatic rings. The van der Waals surface area contributed by atoms with E-state index < -0.39 is 15.9 Å². The Balaban J connectivity index is 1.03. The number of rotatable bonds is 15. The summed E-state index contributed by atoms with van der Waals surface area (Å²) < 4.78 is 29.0. The summed E-state index contributed by atoms with van der Waals surface area (Å²) in [4.78, 5) is 21.3. The number of thioether (sulfide) groups is 1. The van der Waals surface area contributed by atoms with Crippen LogP contribution in [0, 0.1) is 6.92 Å². The molecule has 8 nitrogen and oxygen atoms in total. The van der Waals surface area contributed by atoms with Crippen molar-refractivity contribution in [2.45, 2.75) is 35.7 Å². The molecule has 1 aliphatic heterocycles. The molecule has 1 amide bonds. The lowest BCUT2D eigenvalue weighted by atomic mass is 9.99. The molecule has 0 spiro atoms. The van der Waals surface area contributed by atoms with E-state index in [-0.39, 0.29) is 16.5 Å². The SMILES string of the molecule is Cc1cc(S(=O)(=O)NC(=O)c2ccc(N3CCN(Cc4ccccc4-c4ccc(Cl)c(Cl)c4)CC3)cc2)ccc1N[C@H](CCN(C)C)CSc1ccccc1. The van der Waals surface area contributed by atoms with E-state index in [1.807, 2.05) is 61.5 Å². The van der Waals surface area contributed by atoms with Crippen molar-refractivity contribution in [2.24, 2.45) is 0 Å². The van der Waals surface area contributed by atoms with Gasteiger partial charge in [0, 0.05) is 66.4 Å². The fourth-order valence-corrected chi connectivity index (χ4v) is 8.93. The van der Waals surface area contributed by atoms with Gasteiger partial charge in [0.1, 0.15) is 0 Å². The molecule has 6 rings (SSSR count). The number of hydrogen-bond acceptors (Lipinski definition) is 8. The van der Waals surface area contributed by atoms with Crippen LogP contribution < -0.4 is 14.9 Å². The summed E-state index contributed by atoms with van der Waals surface area (Å²) in [5, 5.41) is 4.71. The summed E-state index contributed by atoms with van der Waals surface area (Å²) in [6, 6.07) is 36.6. The van der Waals surface area contributed by atoms with E-state index in [2.05, 4.69) is 69.2 Å². The van der Waals surface area contributed by atoms with Gasteiger partial charge < -0.3 is 15.1 Å². The van der Waals surface area contributed by atoms with Crippen LogP contribution in [0.1, 0.15) is 27.9 Å². The normalized spacial score (nSPS) is 14.2. The first kappa shape index (κ1) is 40.6.